The van der Waals surface area contributed by atoms with Crippen molar-refractivity contribution in [1.29, 1.82) is 0 Å². The second-order valence-electron chi connectivity index (χ2n) is 9.37. The number of hydrogen-bond donors (Lipinski definition) is 0. The van der Waals surface area contributed by atoms with Gasteiger partial charge in [-0.15, -0.1) is 5.54 Å². The van der Waals surface area contributed by atoms with Crippen LogP contribution in [0.1, 0.15) is 51.7 Å². The molecule has 0 saturated carbocycles. The molecule has 4 heteroatoms. The van der Waals surface area contributed by atoms with Crippen LogP contribution in [-0.4, -0.2) is 27.9 Å². The molecule has 0 spiro atoms. The fourth-order valence-electron chi connectivity index (χ4n) is 3.16. The summed E-state index contributed by atoms with van der Waals surface area (Å²) in [6, 6.07) is 8.13. The second kappa shape index (κ2) is 6.80. The maximum Gasteiger partial charge on any atom is 0.312 e. The van der Waals surface area contributed by atoms with E-state index in [-0.39, 0.29) is 10.5 Å². The van der Waals surface area contributed by atoms with E-state index in [0.29, 0.717) is 19.8 Å². The number of hydrogen-bond acceptors (Lipinski definition) is 3. The van der Waals surface area contributed by atoms with Crippen LogP contribution in [0.4, 0.5) is 0 Å². The fraction of sp³-hybridized carbons (Fsp3) is 0.636. The Bertz CT molecular complexity index is 679. The Morgan fingerprint density at radius 3 is 2.00 bits per heavy atom. The normalized spacial score (nSPS) is 28.5. The molecule has 0 N–H and O–H groups in total. The molecule has 0 aromatic heterocycles. The molecular weight excluding hydrogens is 340 g/mol. The molecule has 0 radical (unpaired) electrons. The molecule has 0 atom stereocenters. The van der Waals surface area contributed by atoms with Crippen molar-refractivity contribution in [2.75, 3.05) is 19.8 Å². The first-order valence-electron chi connectivity index (χ1n) is 9.67. The van der Waals surface area contributed by atoms with Gasteiger partial charge in [0.05, 0.1) is 19.8 Å². The topological polar surface area (TPSA) is 27.7 Å². The van der Waals surface area contributed by atoms with Crippen molar-refractivity contribution in [2.24, 2.45) is 5.41 Å². The van der Waals surface area contributed by atoms with Crippen molar-refractivity contribution < 1.29 is 14.2 Å². The number of ether oxygens (including phenoxy) is 3. The van der Waals surface area contributed by atoms with Crippen LogP contribution in [-0.2, 0) is 20.2 Å². The Hall–Kier alpha value is -1.12. The van der Waals surface area contributed by atoms with E-state index in [4.69, 9.17) is 14.2 Å². The van der Waals surface area contributed by atoms with Crippen LogP contribution >= 0.6 is 0 Å². The van der Waals surface area contributed by atoms with Gasteiger partial charge in [0, 0.05) is 16.5 Å². The molecule has 0 aliphatic carbocycles. The van der Waals surface area contributed by atoms with E-state index in [9.17, 15) is 0 Å². The first-order chi connectivity index (χ1) is 12.1. The summed E-state index contributed by atoms with van der Waals surface area (Å²) in [7, 11) is -1.60. The van der Waals surface area contributed by atoms with Gasteiger partial charge in [-0.1, -0.05) is 53.1 Å². The van der Waals surface area contributed by atoms with E-state index in [1.165, 1.54) is 0 Å². The highest BCUT2D eigenvalue weighted by atomic mass is 28.3. The standard InChI is InChI=1S/C22H32O3Si/c1-7-13-21-15-23-22(24-16-21,25-17-21)19-10-8-18(9-11-19)12-14-26(5,6)20(2,3)4/h8-11H,7,13,15-17H2,1-6H3. The molecule has 3 aliphatic heterocycles. The predicted molar refractivity (Wildman–Crippen MR) is 107 cm³/mol. The average molecular weight is 373 g/mol. The molecule has 3 aliphatic rings. The third-order valence-corrected chi connectivity index (χ3v) is 10.6. The molecule has 0 unspecified atom stereocenters. The Balaban J connectivity index is 1.74. The molecule has 3 saturated heterocycles. The van der Waals surface area contributed by atoms with Crippen LogP contribution in [0.5, 0.6) is 0 Å². The molecule has 1 aromatic rings. The maximum atomic E-state index is 6.03. The van der Waals surface area contributed by atoms with Crippen molar-refractivity contribution in [1.82, 2.24) is 0 Å². The summed E-state index contributed by atoms with van der Waals surface area (Å²) in [4.78, 5) is 0. The molecule has 3 fully saturated rings. The minimum Gasteiger partial charge on any atom is -0.323 e. The second-order valence-corrected chi connectivity index (χ2v) is 14.4. The van der Waals surface area contributed by atoms with E-state index in [1.807, 2.05) is 24.3 Å². The van der Waals surface area contributed by atoms with Gasteiger partial charge in [0.25, 0.3) is 0 Å². The zero-order chi connectivity index (χ0) is 19.1. The molecule has 26 heavy (non-hydrogen) atoms. The van der Waals surface area contributed by atoms with Gasteiger partial charge in [0.1, 0.15) is 8.07 Å². The minimum absolute atomic E-state index is 0.0328. The van der Waals surface area contributed by atoms with Gasteiger partial charge in [-0.25, -0.2) is 0 Å². The fourth-order valence-corrected chi connectivity index (χ4v) is 4.00. The summed E-state index contributed by atoms with van der Waals surface area (Å²) < 4.78 is 18.1. The van der Waals surface area contributed by atoms with E-state index in [2.05, 4.69) is 52.3 Å². The Kier molecular flexibility index (Phi) is 5.13. The third-order valence-electron chi connectivity index (χ3n) is 6.12. The average Bonchev–Trinajstić information content (AvgIpc) is 2.61. The zero-order valence-corrected chi connectivity index (χ0v) is 18.1. The van der Waals surface area contributed by atoms with Crippen molar-refractivity contribution in [3.05, 3.63) is 35.4 Å². The number of benzene rings is 1. The highest BCUT2D eigenvalue weighted by Gasteiger charge is 2.53. The molecule has 4 rings (SSSR count). The quantitative estimate of drug-likeness (QED) is 0.548. The van der Waals surface area contributed by atoms with Gasteiger partial charge in [-0.3, -0.25) is 0 Å². The summed E-state index contributed by atoms with van der Waals surface area (Å²) in [6.07, 6.45) is 2.19. The molecule has 0 amide bonds. The smallest absolute Gasteiger partial charge is 0.312 e. The number of rotatable bonds is 3. The summed E-state index contributed by atoms with van der Waals surface area (Å²) in [6.45, 7) is 15.8. The van der Waals surface area contributed by atoms with Gasteiger partial charge < -0.3 is 14.2 Å². The van der Waals surface area contributed by atoms with Crippen LogP contribution < -0.4 is 0 Å². The summed E-state index contributed by atoms with van der Waals surface area (Å²) in [5, 5.41) is 0.267. The van der Waals surface area contributed by atoms with Crippen LogP contribution in [0.3, 0.4) is 0 Å². The monoisotopic (exact) mass is 372 g/mol. The van der Waals surface area contributed by atoms with Gasteiger partial charge in [0.2, 0.25) is 0 Å². The van der Waals surface area contributed by atoms with Crippen LogP contribution in [0.15, 0.2) is 24.3 Å². The predicted octanol–water partition coefficient (Wildman–Crippen LogP) is 5.06. The highest BCUT2D eigenvalue weighted by Crippen LogP contribution is 2.46. The number of fused-ring (bicyclic) bond motifs is 3. The lowest BCUT2D eigenvalue weighted by atomic mass is 9.83. The van der Waals surface area contributed by atoms with Crippen molar-refractivity contribution >= 4 is 8.07 Å². The van der Waals surface area contributed by atoms with Crippen LogP contribution in [0.25, 0.3) is 0 Å². The Morgan fingerprint density at radius 1 is 1.00 bits per heavy atom. The summed E-state index contributed by atoms with van der Waals surface area (Å²) in [5.74, 6) is 2.35. The SMILES string of the molecule is CCCC12COC(c3ccc(C#C[Si](C)(C)C(C)(C)C)cc3)(OC1)OC2. The lowest BCUT2D eigenvalue weighted by molar-refractivity contribution is -0.480. The van der Waals surface area contributed by atoms with Gasteiger partial charge >= 0.3 is 5.97 Å². The molecule has 3 heterocycles. The van der Waals surface area contributed by atoms with Crippen molar-refractivity contribution in [3.8, 4) is 11.5 Å². The summed E-state index contributed by atoms with van der Waals surface area (Å²) in [5.41, 5.74) is 5.54. The first kappa shape index (κ1) is 19.6. The largest absolute Gasteiger partial charge is 0.323 e. The molecule has 142 valence electrons. The Labute approximate surface area is 159 Å². The van der Waals surface area contributed by atoms with Gasteiger partial charge in [0.15, 0.2) is 0 Å². The van der Waals surface area contributed by atoms with Crippen LogP contribution in [0.2, 0.25) is 18.1 Å². The van der Waals surface area contributed by atoms with E-state index in [1.54, 1.807) is 0 Å². The lowest BCUT2D eigenvalue weighted by Crippen LogP contribution is -2.58. The summed E-state index contributed by atoms with van der Waals surface area (Å²) >= 11 is 0. The molecule has 2 bridgehead atoms. The van der Waals surface area contributed by atoms with Crippen LogP contribution in [0, 0.1) is 16.9 Å². The zero-order valence-electron chi connectivity index (χ0n) is 17.1. The van der Waals surface area contributed by atoms with Crippen molar-refractivity contribution in [2.45, 2.75) is 64.6 Å². The highest BCUT2D eigenvalue weighted by molar-refractivity contribution is 6.87. The molecule has 3 nitrogen and oxygen atoms in total. The minimum atomic E-state index is -1.60. The van der Waals surface area contributed by atoms with Gasteiger partial charge in [-0.2, -0.15) is 0 Å². The van der Waals surface area contributed by atoms with E-state index in [0.717, 1.165) is 24.0 Å². The van der Waals surface area contributed by atoms with E-state index >= 15 is 0 Å². The third kappa shape index (κ3) is 3.64. The lowest BCUT2D eigenvalue weighted by Gasteiger charge is -2.51. The van der Waals surface area contributed by atoms with Gasteiger partial charge in [-0.05, 0) is 35.7 Å². The maximum absolute atomic E-state index is 6.03. The first-order valence-corrected chi connectivity index (χ1v) is 12.7. The molecular formula is C22H32O3Si. The molecule has 1 aromatic carbocycles. The Morgan fingerprint density at radius 2 is 1.54 bits per heavy atom. The van der Waals surface area contributed by atoms with E-state index < -0.39 is 14.0 Å². The van der Waals surface area contributed by atoms with Crippen molar-refractivity contribution in [3.63, 3.8) is 0 Å².